The minimum atomic E-state index is 0.342. The highest BCUT2D eigenvalue weighted by molar-refractivity contribution is 7.18. The Bertz CT molecular complexity index is 927. The van der Waals surface area contributed by atoms with Gasteiger partial charge in [-0.25, -0.2) is 4.98 Å². The van der Waals surface area contributed by atoms with Crippen LogP contribution in [0.5, 0.6) is 0 Å². The molecule has 1 unspecified atom stereocenters. The molecule has 0 fully saturated rings. The van der Waals surface area contributed by atoms with E-state index in [9.17, 15) is 0 Å². The number of hydrogen-bond acceptors (Lipinski definition) is 6. The van der Waals surface area contributed by atoms with Crippen LogP contribution >= 0.6 is 22.9 Å². The van der Waals surface area contributed by atoms with Crippen LogP contribution in [-0.2, 0) is 6.54 Å². The molecule has 3 N–H and O–H groups in total. The summed E-state index contributed by atoms with van der Waals surface area (Å²) in [7, 11) is 0. The molecule has 0 bridgehead atoms. The number of fused-ring (bicyclic) bond motifs is 1. The first kappa shape index (κ1) is 18.5. The van der Waals surface area contributed by atoms with Gasteiger partial charge in [0.2, 0.25) is 0 Å². The number of aromatic nitrogens is 1. The maximum absolute atomic E-state index is 9.00. The molecule has 0 saturated carbocycles. The summed E-state index contributed by atoms with van der Waals surface area (Å²) in [6.45, 7) is 0.548. The van der Waals surface area contributed by atoms with Gasteiger partial charge in [0.1, 0.15) is 23.0 Å². The second kappa shape index (κ2) is 8.86. The number of nitrogens with zero attached hydrogens (tertiary/aromatic N) is 2. The number of furan rings is 1. The summed E-state index contributed by atoms with van der Waals surface area (Å²) in [5.74, 6) is 0.825. The van der Waals surface area contributed by atoms with Crippen molar-refractivity contribution in [2.75, 3.05) is 5.32 Å². The molecule has 3 aromatic rings. The third-order valence-corrected chi connectivity index (χ3v) is 5.36. The van der Waals surface area contributed by atoms with E-state index in [4.69, 9.17) is 27.0 Å². The average Bonchev–Trinajstić information content (AvgIpc) is 3.31. The third kappa shape index (κ3) is 4.64. The summed E-state index contributed by atoms with van der Waals surface area (Å²) in [5, 5.41) is 14.6. The minimum Gasteiger partial charge on any atom is -0.467 e. The van der Waals surface area contributed by atoms with Crippen molar-refractivity contribution >= 4 is 38.8 Å². The van der Waals surface area contributed by atoms with E-state index >= 15 is 0 Å². The quantitative estimate of drug-likeness (QED) is 0.613. The summed E-state index contributed by atoms with van der Waals surface area (Å²) in [5.41, 5.74) is 7.43. The van der Waals surface area contributed by atoms with E-state index in [1.54, 1.807) is 12.3 Å². The van der Waals surface area contributed by atoms with Crippen LogP contribution in [0.3, 0.4) is 0 Å². The van der Waals surface area contributed by atoms with Crippen molar-refractivity contribution in [3.05, 3.63) is 58.5 Å². The van der Waals surface area contributed by atoms with E-state index in [1.165, 1.54) is 24.2 Å². The molecule has 1 aliphatic carbocycles. The Hall–Kier alpha value is -2.33. The highest BCUT2D eigenvalue weighted by Crippen LogP contribution is 2.34. The summed E-state index contributed by atoms with van der Waals surface area (Å²) < 4.78 is 6.20. The maximum Gasteiger partial charge on any atom is 0.143 e. The lowest BCUT2D eigenvalue weighted by atomic mass is 10.0. The van der Waals surface area contributed by atoms with Crippen molar-refractivity contribution in [3.8, 4) is 6.07 Å². The number of pyridine rings is 1. The average molecular weight is 387 g/mol. The van der Waals surface area contributed by atoms with Gasteiger partial charge in [-0.3, -0.25) is 0 Å². The van der Waals surface area contributed by atoms with Gasteiger partial charge in [-0.2, -0.15) is 5.26 Å². The second-order valence-corrected chi connectivity index (χ2v) is 7.19. The van der Waals surface area contributed by atoms with E-state index < -0.39 is 0 Å². The van der Waals surface area contributed by atoms with Gasteiger partial charge in [-0.1, -0.05) is 23.8 Å². The number of anilines is 1. The molecule has 0 aromatic carbocycles. The van der Waals surface area contributed by atoms with Gasteiger partial charge in [-0.05, 0) is 37.5 Å². The van der Waals surface area contributed by atoms with Crippen molar-refractivity contribution in [1.29, 1.82) is 5.26 Å². The molecule has 0 amide bonds. The van der Waals surface area contributed by atoms with Gasteiger partial charge >= 0.3 is 0 Å². The maximum atomic E-state index is 9.00. The highest BCUT2D eigenvalue weighted by Gasteiger charge is 2.11. The van der Waals surface area contributed by atoms with Gasteiger partial charge in [0.15, 0.2) is 0 Å². The molecule has 4 rings (SSSR count). The van der Waals surface area contributed by atoms with E-state index in [-0.39, 0.29) is 0 Å². The fraction of sp³-hybridized carbons (Fsp3) is 0.263. The van der Waals surface area contributed by atoms with E-state index in [1.807, 2.05) is 23.6 Å². The largest absolute Gasteiger partial charge is 0.467 e. The number of hydrogen-bond donors (Lipinski definition) is 2. The smallest absolute Gasteiger partial charge is 0.143 e. The minimum absolute atomic E-state index is 0.342. The van der Waals surface area contributed by atoms with Crippen LogP contribution < -0.4 is 11.1 Å². The highest BCUT2D eigenvalue weighted by atomic mass is 35.5. The number of nitrogens with one attached hydrogen (secondary N) is 1. The van der Waals surface area contributed by atoms with Crippen LogP contribution in [0.25, 0.3) is 10.2 Å². The fourth-order valence-corrected chi connectivity index (χ4v) is 3.77. The number of nitrogens with two attached hydrogens (primary N) is 1. The lowest BCUT2D eigenvalue weighted by Gasteiger charge is -2.09. The van der Waals surface area contributed by atoms with Gasteiger partial charge < -0.3 is 15.5 Å². The van der Waals surface area contributed by atoms with Gasteiger partial charge in [0, 0.05) is 11.4 Å². The van der Waals surface area contributed by atoms with Crippen molar-refractivity contribution < 1.29 is 4.42 Å². The predicted molar refractivity (Wildman–Crippen MR) is 106 cm³/mol. The first-order chi connectivity index (χ1) is 12.7. The van der Waals surface area contributed by atoms with E-state index in [0.29, 0.717) is 28.8 Å². The lowest BCUT2D eigenvalue weighted by molar-refractivity contribution is 0.518. The number of allylic oxidation sites excluding steroid dienone is 1. The molecular formula is C19H19ClN4OS. The Morgan fingerprint density at radius 2 is 2.35 bits per heavy atom. The van der Waals surface area contributed by atoms with Crippen molar-refractivity contribution in [2.45, 2.75) is 31.8 Å². The van der Waals surface area contributed by atoms with Crippen LogP contribution in [0, 0.1) is 11.3 Å². The predicted octanol–water partition coefficient (Wildman–Crippen LogP) is 5.08. The normalized spacial score (nSPS) is 16.0. The zero-order valence-corrected chi connectivity index (χ0v) is 15.7. The number of thiophene rings is 1. The Kier molecular flexibility index (Phi) is 6.29. The zero-order chi connectivity index (χ0) is 18.4. The molecular weight excluding hydrogens is 368 g/mol. The summed E-state index contributed by atoms with van der Waals surface area (Å²) in [6, 6.07) is 7.93. The molecule has 0 radical (unpaired) electrons. The third-order valence-electron chi connectivity index (χ3n) is 3.94. The molecule has 3 heterocycles. The standard InChI is InChI=1S/C13H8ClN3OS.C6H11N/c14-10-7-19-13-11(4-8(5-15)17-12(10)13)16-6-9-2-1-3-18-9;7-6-4-2-1-3-5-6/h1-4,7H,6H2,(H,16,17);1-2,6H,3-5,7H2. The van der Waals surface area contributed by atoms with Crippen LogP contribution in [0.4, 0.5) is 5.69 Å². The van der Waals surface area contributed by atoms with Crippen LogP contribution in [0.1, 0.15) is 30.7 Å². The number of nitriles is 1. The first-order valence-corrected chi connectivity index (χ1v) is 9.58. The molecule has 0 aliphatic heterocycles. The Labute approximate surface area is 161 Å². The molecule has 134 valence electrons. The van der Waals surface area contributed by atoms with E-state index in [0.717, 1.165) is 22.6 Å². The summed E-state index contributed by atoms with van der Waals surface area (Å²) in [6.07, 6.45) is 9.43. The second-order valence-electron chi connectivity index (χ2n) is 5.91. The van der Waals surface area contributed by atoms with Crippen LogP contribution in [0.2, 0.25) is 5.02 Å². The van der Waals surface area contributed by atoms with Crippen molar-refractivity contribution in [2.24, 2.45) is 5.73 Å². The Morgan fingerprint density at radius 1 is 1.46 bits per heavy atom. The molecule has 1 aliphatic rings. The topological polar surface area (TPSA) is 87.9 Å². The molecule has 0 spiro atoms. The SMILES string of the molecule is N#Cc1cc(NCc2ccco2)c2scc(Cl)c2n1.NC1CC=CCC1. The summed E-state index contributed by atoms with van der Waals surface area (Å²) >= 11 is 7.57. The summed E-state index contributed by atoms with van der Waals surface area (Å²) in [4.78, 5) is 4.21. The molecule has 5 nitrogen and oxygen atoms in total. The van der Waals surface area contributed by atoms with E-state index in [2.05, 4.69) is 22.5 Å². The van der Waals surface area contributed by atoms with Gasteiger partial charge in [-0.15, -0.1) is 11.3 Å². The van der Waals surface area contributed by atoms with Crippen molar-refractivity contribution in [1.82, 2.24) is 4.98 Å². The molecule has 1 atom stereocenters. The van der Waals surface area contributed by atoms with Crippen molar-refractivity contribution in [3.63, 3.8) is 0 Å². The fourth-order valence-electron chi connectivity index (χ4n) is 2.58. The lowest BCUT2D eigenvalue weighted by Crippen LogP contribution is -2.19. The van der Waals surface area contributed by atoms with Crippen LogP contribution in [0.15, 0.2) is 46.4 Å². The Balaban J connectivity index is 0.000000236. The molecule has 3 aromatic heterocycles. The molecule has 0 saturated heterocycles. The molecule has 7 heteroatoms. The molecule has 26 heavy (non-hydrogen) atoms. The van der Waals surface area contributed by atoms with Gasteiger partial charge in [0.25, 0.3) is 0 Å². The Morgan fingerprint density at radius 3 is 2.96 bits per heavy atom. The van der Waals surface area contributed by atoms with Crippen LogP contribution in [-0.4, -0.2) is 11.0 Å². The number of rotatable bonds is 3. The zero-order valence-electron chi connectivity index (χ0n) is 14.1. The monoisotopic (exact) mass is 386 g/mol. The first-order valence-electron chi connectivity index (χ1n) is 8.32. The number of halogens is 1. The van der Waals surface area contributed by atoms with Gasteiger partial charge in [0.05, 0.1) is 28.2 Å².